The molecule has 1 atom stereocenters. The van der Waals surface area contributed by atoms with E-state index in [1.165, 1.54) is 0 Å². The van der Waals surface area contributed by atoms with Crippen LogP contribution in [0.4, 0.5) is 4.79 Å². The minimum Gasteiger partial charge on any atom is -0.454 e. The second-order valence-corrected chi connectivity index (χ2v) is 7.76. The lowest BCUT2D eigenvalue weighted by molar-refractivity contribution is -0.148. The first-order valence-electron chi connectivity index (χ1n) is 10.5. The number of nitrogens with zero attached hydrogens (tertiary/aromatic N) is 2. The Balaban J connectivity index is 1.59. The fraction of sp³-hybridized carbons (Fsp3) is 0.333. The van der Waals surface area contributed by atoms with Crippen molar-refractivity contribution in [3.8, 4) is 0 Å². The second kappa shape index (κ2) is 11.6. The number of amides is 1. The number of benzene rings is 2. The first kappa shape index (κ1) is 23.0. The van der Waals surface area contributed by atoms with E-state index in [1.807, 2.05) is 74.5 Å². The van der Waals surface area contributed by atoms with E-state index in [-0.39, 0.29) is 25.5 Å². The Labute approximate surface area is 186 Å². The van der Waals surface area contributed by atoms with Crippen LogP contribution in [0.5, 0.6) is 0 Å². The molecule has 1 N–H and O–H groups in total. The van der Waals surface area contributed by atoms with Crippen LogP contribution in [0.3, 0.4) is 0 Å². The number of rotatable bonds is 10. The van der Waals surface area contributed by atoms with Crippen molar-refractivity contribution in [3.05, 3.63) is 83.5 Å². The molecule has 8 heteroatoms. The molecule has 32 heavy (non-hydrogen) atoms. The monoisotopic (exact) mass is 437 g/mol. The maximum Gasteiger partial charge on any atom is 0.408 e. The zero-order valence-electron chi connectivity index (χ0n) is 18.2. The predicted octanol–water partition coefficient (Wildman–Crippen LogP) is 3.85. The SMILES string of the molecule is CC(C)Cc1noc(COC(=O)[C@H](Cc2ccccc2)NC(=O)OCc2ccccc2)n1. The number of carbonyl (C=O) groups is 2. The molecule has 0 spiro atoms. The van der Waals surface area contributed by atoms with Crippen molar-refractivity contribution in [2.45, 2.75) is 45.9 Å². The van der Waals surface area contributed by atoms with Gasteiger partial charge in [0, 0.05) is 12.8 Å². The average molecular weight is 437 g/mol. The zero-order chi connectivity index (χ0) is 22.8. The number of ether oxygens (including phenoxy) is 2. The maximum atomic E-state index is 12.7. The number of aromatic nitrogens is 2. The molecule has 2 aromatic carbocycles. The number of hydrogen-bond donors (Lipinski definition) is 1. The van der Waals surface area contributed by atoms with Gasteiger partial charge in [0.1, 0.15) is 12.6 Å². The Bertz CT molecular complexity index is 989. The molecule has 0 fully saturated rings. The third-order valence-electron chi connectivity index (χ3n) is 4.51. The Hall–Kier alpha value is -3.68. The first-order valence-corrected chi connectivity index (χ1v) is 10.5. The number of hydrogen-bond acceptors (Lipinski definition) is 7. The minimum absolute atomic E-state index is 0.0976. The highest BCUT2D eigenvalue weighted by molar-refractivity contribution is 5.81. The van der Waals surface area contributed by atoms with Crippen molar-refractivity contribution in [2.75, 3.05) is 0 Å². The van der Waals surface area contributed by atoms with Gasteiger partial charge in [0.25, 0.3) is 5.89 Å². The Kier molecular flexibility index (Phi) is 8.36. The zero-order valence-corrected chi connectivity index (χ0v) is 18.2. The molecule has 1 amide bonds. The van der Waals surface area contributed by atoms with Crippen molar-refractivity contribution in [3.63, 3.8) is 0 Å². The summed E-state index contributed by atoms with van der Waals surface area (Å²) in [6.07, 6.45) is 0.217. The molecule has 0 aliphatic heterocycles. The molecule has 0 aliphatic rings. The van der Waals surface area contributed by atoms with E-state index in [2.05, 4.69) is 15.5 Å². The highest BCUT2D eigenvalue weighted by Gasteiger charge is 2.24. The molecule has 0 unspecified atom stereocenters. The van der Waals surface area contributed by atoms with Gasteiger partial charge in [-0.25, -0.2) is 9.59 Å². The highest BCUT2D eigenvalue weighted by Crippen LogP contribution is 2.09. The van der Waals surface area contributed by atoms with E-state index < -0.39 is 18.1 Å². The summed E-state index contributed by atoms with van der Waals surface area (Å²) in [6, 6.07) is 17.7. The summed E-state index contributed by atoms with van der Waals surface area (Å²) in [5.41, 5.74) is 1.72. The van der Waals surface area contributed by atoms with Crippen molar-refractivity contribution in [1.29, 1.82) is 0 Å². The summed E-state index contributed by atoms with van der Waals surface area (Å²) in [5, 5.41) is 6.48. The molecule has 1 heterocycles. The van der Waals surface area contributed by atoms with Gasteiger partial charge in [-0.05, 0) is 17.0 Å². The van der Waals surface area contributed by atoms with E-state index in [0.717, 1.165) is 11.1 Å². The van der Waals surface area contributed by atoms with Gasteiger partial charge in [0.2, 0.25) is 0 Å². The molecule has 0 aliphatic carbocycles. The van der Waals surface area contributed by atoms with Gasteiger partial charge in [-0.2, -0.15) is 4.98 Å². The molecular formula is C24H27N3O5. The minimum atomic E-state index is -0.932. The third kappa shape index (κ3) is 7.54. The number of alkyl carbamates (subject to hydrolysis) is 1. The van der Waals surface area contributed by atoms with Gasteiger partial charge in [-0.15, -0.1) is 0 Å². The fourth-order valence-electron chi connectivity index (χ4n) is 2.98. The molecule has 0 saturated carbocycles. The maximum absolute atomic E-state index is 12.7. The molecule has 0 radical (unpaired) electrons. The highest BCUT2D eigenvalue weighted by atomic mass is 16.6. The molecule has 0 bridgehead atoms. The van der Waals surface area contributed by atoms with Crippen LogP contribution in [0.15, 0.2) is 65.2 Å². The Morgan fingerprint density at radius 3 is 2.22 bits per heavy atom. The molecule has 1 aromatic heterocycles. The van der Waals surface area contributed by atoms with Crippen LogP contribution in [0, 0.1) is 5.92 Å². The van der Waals surface area contributed by atoms with Crippen LogP contribution in [-0.4, -0.2) is 28.2 Å². The lowest BCUT2D eigenvalue weighted by Gasteiger charge is -2.17. The molecule has 8 nitrogen and oxygen atoms in total. The van der Waals surface area contributed by atoms with Crippen molar-refractivity contribution in [2.24, 2.45) is 5.92 Å². The lowest BCUT2D eigenvalue weighted by atomic mass is 10.1. The first-order chi connectivity index (χ1) is 15.5. The van der Waals surface area contributed by atoms with E-state index in [1.54, 1.807) is 0 Å². The third-order valence-corrected chi connectivity index (χ3v) is 4.51. The lowest BCUT2D eigenvalue weighted by Crippen LogP contribution is -2.43. The summed E-state index contributed by atoms with van der Waals surface area (Å²) in [7, 11) is 0. The topological polar surface area (TPSA) is 104 Å². The quantitative estimate of drug-likeness (QED) is 0.481. The fourth-order valence-corrected chi connectivity index (χ4v) is 2.98. The summed E-state index contributed by atoms with van der Waals surface area (Å²) in [4.78, 5) is 29.3. The van der Waals surface area contributed by atoms with Gasteiger partial charge in [-0.1, -0.05) is 79.7 Å². The number of esters is 1. The molecule has 3 aromatic rings. The van der Waals surface area contributed by atoms with Gasteiger partial charge in [0.05, 0.1) is 0 Å². The number of nitrogens with one attached hydrogen (secondary N) is 1. The van der Waals surface area contributed by atoms with Crippen LogP contribution in [0.25, 0.3) is 0 Å². The number of carbonyl (C=O) groups excluding carboxylic acids is 2. The molecule has 0 saturated heterocycles. The van der Waals surface area contributed by atoms with Gasteiger partial charge in [-0.3, -0.25) is 0 Å². The summed E-state index contributed by atoms with van der Waals surface area (Å²) in [6.45, 7) is 4.02. The summed E-state index contributed by atoms with van der Waals surface area (Å²) >= 11 is 0. The van der Waals surface area contributed by atoms with Crippen LogP contribution in [0.2, 0.25) is 0 Å². The van der Waals surface area contributed by atoms with E-state index >= 15 is 0 Å². The Morgan fingerprint density at radius 1 is 0.906 bits per heavy atom. The molecule has 3 rings (SSSR count). The Morgan fingerprint density at radius 2 is 1.56 bits per heavy atom. The van der Waals surface area contributed by atoms with Crippen LogP contribution < -0.4 is 5.32 Å². The van der Waals surface area contributed by atoms with Gasteiger partial charge in [0.15, 0.2) is 12.4 Å². The van der Waals surface area contributed by atoms with E-state index in [4.69, 9.17) is 14.0 Å². The van der Waals surface area contributed by atoms with Crippen molar-refractivity contribution < 1.29 is 23.6 Å². The normalized spacial score (nSPS) is 11.7. The van der Waals surface area contributed by atoms with Crippen molar-refractivity contribution in [1.82, 2.24) is 15.5 Å². The largest absolute Gasteiger partial charge is 0.454 e. The van der Waals surface area contributed by atoms with Crippen LogP contribution in [0.1, 0.15) is 36.7 Å². The molecule has 168 valence electrons. The van der Waals surface area contributed by atoms with Gasteiger partial charge < -0.3 is 19.3 Å². The molecular weight excluding hydrogens is 410 g/mol. The van der Waals surface area contributed by atoms with Crippen molar-refractivity contribution >= 4 is 12.1 Å². The second-order valence-electron chi connectivity index (χ2n) is 7.76. The smallest absolute Gasteiger partial charge is 0.408 e. The van der Waals surface area contributed by atoms with Crippen LogP contribution >= 0.6 is 0 Å². The summed E-state index contributed by atoms with van der Waals surface area (Å²) < 4.78 is 15.7. The van der Waals surface area contributed by atoms with Crippen LogP contribution in [-0.2, 0) is 40.3 Å². The standard InChI is InChI=1S/C24H27N3O5/c1-17(2)13-21-26-22(32-27-21)16-30-23(28)20(14-18-9-5-3-6-10-18)25-24(29)31-15-19-11-7-4-8-12-19/h3-12,17,20H,13-16H2,1-2H3,(H,25,29)/t20-/m0/s1. The van der Waals surface area contributed by atoms with E-state index in [9.17, 15) is 9.59 Å². The predicted molar refractivity (Wildman–Crippen MR) is 116 cm³/mol. The van der Waals surface area contributed by atoms with Gasteiger partial charge >= 0.3 is 12.1 Å². The summed E-state index contributed by atoms with van der Waals surface area (Å²) in [5.74, 6) is 0.534. The van der Waals surface area contributed by atoms with E-state index in [0.29, 0.717) is 18.2 Å². The average Bonchev–Trinajstić information content (AvgIpc) is 3.23.